The number of fused-ring (bicyclic) bond motifs is 2. The van der Waals surface area contributed by atoms with Crippen LogP contribution in [0.4, 0.5) is 4.79 Å². The monoisotopic (exact) mass is 555 g/mol. The predicted octanol–water partition coefficient (Wildman–Crippen LogP) is 3.09. The summed E-state index contributed by atoms with van der Waals surface area (Å²) in [5, 5.41) is 7.29. The van der Waals surface area contributed by atoms with Crippen molar-refractivity contribution in [3.05, 3.63) is 35.2 Å². The molecule has 5 amide bonds. The van der Waals surface area contributed by atoms with E-state index >= 15 is 0 Å². The van der Waals surface area contributed by atoms with E-state index in [2.05, 4.69) is 10.6 Å². The zero-order valence-corrected chi connectivity index (χ0v) is 22.8. The summed E-state index contributed by atoms with van der Waals surface area (Å²) < 4.78 is 12.1. The molecule has 3 aliphatic heterocycles. The van der Waals surface area contributed by atoms with Crippen molar-refractivity contribution in [3.63, 3.8) is 0 Å². The van der Waals surface area contributed by atoms with Crippen molar-refractivity contribution in [2.45, 2.75) is 75.6 Å². The van der Waals surface area contributed by atoms with E-state index in [9.17, 15) is 19.2 Å². The van der Waals surface area contributed by atoms with E-state index < -0.39 is 11.3 Å². The lowest BCUT2D eigenvalue weighted by molar-refractivity contribution is -0.426. The normalized spacial score (nSPS) is 20.4. The molecule has 1 atom stereocenters. The number of nitrogens with one attached hydrogen (secondary N) is 2. The Bertz CT molecular complexity index is 1190. The minimum atomic E-state index is -0.493. The van der Waals surface area contributed by atoms with Gasteiger partial charge in [0.05, 0.1) is 6.54 Å². The molecule has 1 saturated carbocycles. The number of hydrogen-bond acceptors (Lipinski definition) is 7. The van der Waals surface area contributed by atoms with Gasteiger partial charge < -0.3 is 20.1 Å². The molecular weight excluding hydrogens is 520 g/mol. The van der Waals surface area contributed by atoms with Crippen LogP contribution in [-0.2, 0) is 20.9 Å². The van der Waals surface area contributed by atoms with E-state index in [0.29, 0.717) is 49.4 Å². The molecule has 0 bridgehead atoms. The van der Waals surface area contributed by atoms with E-state index in [1.54, 1.807) is 6.08 Å². The molecule has 5 rings (SSSR count). The summed E-state index contributed by atoms with van der Waals surface area (Å²) >= 11 is 1.36. The maximum atomic E-state index is 13.3. The highest BCUT2D eigenvalue weighted by Crippen LogP contribution is 2.32. The van der Waals surface area contributed by atoms with Gasteiger partial charge in [0.25, 0.3) is 5.91 Å². The third kappa shape index (κ3) is 6.63. The number of amides is 5. The molecule has 10 nitrogen and oxygen atoms in total. The van der Waals surface area contributed by atoms with Crippen LogP contribution in [0.25, 0.3) is 0 Å². The van der Waals surface area contributed by atoms with Crippen molar-refractivity contribution in [1.29, 1.82) is 0 Å². The standard InChI is InChI=1S/C28H34N4O6S/c33-24(29-16-19-10-11-22-23(15-19)38-18-37-22)9-5-2-6-13-31-27(35)26-21(12-14-39-26)32(28(31)36)17-25(34)30-20-7-3-1-4-8-20/h10-12,14-15,20,26H,1-9,13,16-18H2,(H-,29,30,33,34)/p+1. The van der Waals surface area contributed by atoms with E-state index in [-0.39, 0.29) is 43.6 Å². The number of unbranched alkanes of at least 4 members (excludes halogenated alkanes) is 2. The number of imide groups is 1. The Balaban J connectivity index is 1.06. The van der Waals surface area contributed by atoms with Gasteiger partial charge in [-0.3, -0.25) is 9.59 Å². The maximum absolute atomic E-state index is 13.3. The fourth-order valence-corrected chi connectivity index (χ4v) is 6.32. The van der Waals surface area contributed by atoms with Gasteiger partial charge in [0.1, 0.15) is 5.71 Å². The predicted molar refractivity (Wildman–Crippen MR) is 146 cm³/mol. The number of ether oxygens (including phenoxy) is 2. The van der Waals surface area contributed by atoms with Crippen LogP contribution in [0.15, 0.2) is 29.7 Å². The van der Waals surface area contributed by atoms with Crippen molar-refractivity contribution in [1.82, 2.24) is 15.5 Å². The molecule has 3 heterocycles. The van der Waals surface area contributed by atoms with Crippen molar-refractivity contribution >= 4 is 41.2 Å². The SMILES string of the molecule is O=C(CCCCCN1C(=O)C2SC=CC2=[N+](CC(=O)NC2CCCCC2)C1=O)NCc1ccc2c(c1)OCO2. The number of thioether (sulfide) groups is 1. The molecule has 1 unspecified atom stereocenters. The summed E-state index contributed by atoms with van der Waals surface area (Å²) in [7, 11) is 0. The Hall–Kier alpha value is -3.34. The van der Waals surface area contributed by atoms with Crippen molar-refractivity contribution in [2.24, 2.45) is 0 Å². The van der Waals surface area contributed by atoms with Crippen LogP contribution in [0.3, 0.4) is 0 Å². The van der Waals surface area contributed by atoms with Gasteiger partial charge in [-0.2, -0.15) is 14.3 Å². The highest BCUT2D eigenvalue weighted by molar-refractivity contribution is 8.04. The van der Waals surface area contributed by atoms with Crippen LogP contribution >= 0.6 is 11.8 Å². The van der Waals surface area contributed by atoms with Crippen LogP contribution in [0.1, 0.15) is 63.4 Å². The van der Waals surface area contributed by atoms with Gasteiger partial charge >= 0.3 is 11.9 Å². The second kappa shape index (κ2) is 12.7. The summed E-state index contributed by atoms with van der Waals surface area (Å²) in [6.07, 6.45) is 9.41. The maximum Gasteiger partial charge on any atom is 0.501 e. The van der Waals surface area contributed by atoms with Gasteiger partial charge in [-0.1, -0.05) is 25.3 Å². The Morgan fingerprint density at radius 2 is 1.85 bits per heavy atom. The topological polar surface area (TPSA) is 117 Å². The average Bonchev–Trinajstić information content (AvgIpc) is 3.62. The lowest BCUT2D eigenvalue weighted by Gasteiger charge is -2.25. The number of urea groups is 1. The van der Waals surface area contributed by atoms with Crippen molar-refractivity contribution in [3.8, 4) is 11.5 Å². The number of carbonyl (C=O) groups excluding carboxylic acids is 4. The second-order valence-electron chi connectivity index (χ2n) is 10.3. The molecule has 1 aromatic rings. The average molecular weight is 556 g/mol. The summed E-state index contributed by atoms with van der Waals surface area (Å²) in [6, 6.07) is 5.30. The third-order valence-corrected chi connectivity index (χ3v) is 8.48. The first-order valence-corrected chi connectivity index (χ1v) is 14.7. The minimum absolute atomic E-state index is 0.0550. The van der Waals surface area contributed by atoms with E-state index in [4.69, 9.17) is 9.47 Å². The number of carbonyl (C=O) groups is 4. The molecule has 208 valence electrons. The van der Waals surface area contributed by atoms with Crippen molar-refractivity contribution in [2.75, 3.05) is 19.9 Å². The molecule has 1 aromatic carbocycles. The van der Waals surface area contributed by atoms with Crippen LogP contribution in [0.2, 0.25) is 0 Å². The lowest BCUT2D eigenvalue weighted by atomic mass is 9.95. The minimum Gasteiger partial charge on any atom is -0.454 e. The molecule has 0 spiro atoms. The largest absolute Gasteiger partial charge is 0.501 e. The molecule has 0 aromatic heterocycles. The van der Waals surface area contributed by atoms with Gasteiger partial charge in [-0.15, -0.1) is 11.8 Å². The van der Waals surface area contributed by atoms with Crippen LogP contribution in [0.5, 0.6) is 11.5 Å². The fraction of sp³-hybridized carbons (Fsp3) is 0.536. The number of allylic oxidation sites excluding steroid dienone is 1. The molecule has 2 N–H and O–H groups in total. The highest BCUT2D eigenvalue weighted by Gasteiger charge is 2.49. The zero-order valence-electron chi connectivity index (χ0n) is 22.0. The third-order valence-electron chi connectivity index (χ3n) is 7.47. The number of benzene rings is 1. The first kappa shape index (κ1) is 27.2. The summed E-state index contributed by atoms with van der Waals surface area (Å²) in [5.41, 5.74) is 1.52. The summed E-state index contributed by atoms with van der Waals surface area (Å²) in [5.74, 6) is 0.908. The first-order chi connectivity index (χ1) is 19.0. The van der Waals surface area contributed by atoms with Crippen LogP contribution in [0, 0.1) is 0 Å². The Labute approximate surface area is 232 Å². The Morgan fingerprint density at radius 3 is 2.69 bits per heavy atom. The van der Waals surface area contributed by atoms with Crippen LogP contribution < -0.4 is 20.1 Å². The van der Waals surface area contributed by atoms with Gasteiger partial charge in [-0.05, 0) is 61.3 Å². The second-order valence-corrected chi connectivity index (χ2v) is 11.3. The number of nitrogens with zero attached hydrogens (tertiary/aromatic N) is 2. The molecule has 0 saturated heterocycles. The molecular formula is C28H35N4O6S+. The van der Waals surface area contributed by atoms with E-state index in [1.807, 2.05) is 23.6 Å². The van der Waals surface area contributed by atoms with Crippen molar-refractivity contribution < 1.29 is 33.2 Å². The zero-order chi connectivity index (χ0) is 27.2. The van der Waals surface area contributed by atoms with E-state index in [0.717, 1.165) is 31.2 Å². The Morgan fingerprint density at radius 1 is 1.03 bits per heavy atom. The molecule has 11 heteroatoms. The van der Waals surface area contributed by atoms with Gasteiger partial charge in [-0.25, -0.2) is 4.79 Å². The van der Waals surface area contributed by atoms with Gasteiger partial charge in [0, 0.05) is 19.0 Å². The fourth-order valence-electron chi connectivity index (χ4n) is 5.35. The van der Waals surface area contributed by atoms with Gasteiger partial charge in [0.15, 0.2) is 23.3 Å². The Kier molecular flexibility index (Phi) is 8.85. The van der Waals surface area contributed by atoms with Gasteiger partial charge in [0.2, 0.25) is 12.7 Å². The number of hydrogen-bond donors (Lipinski definition) is 2. The highest BCUT2D eigenvalue weighted by atomic mass is 32.2. The lowest BCUT2D eigenvalue weighted by Crippen LogP contribution is -2.57. The summed E-state index contributed by atoms with van der Waals surface area (Å²) in [4.78, 5) is 52.6. The molecule has 1 aliphatic carbocycles. The molecule has 0 radical (unpaired) electrons. The smallest absolute Gasteiger partial charge is 0.454 e. The number of rotatable bonds is 11. The quantitative estimate of drug-likeness (QED) is 0.318. The van der Waals surface area contributed by atoms with E-state index in [1.165, 1.54) is 27.7 Å². The summed E-state index contributed by atoms with van der Waals surface area (Å²) in [6.45, 7) is 0.798. The first-order valence-electron chi connectivity index (χ1n) is 13.8. The molecule has 4 aliphatic rings. The molecule has 39 heavy (non-hydrogen) atoms. The molecule has 1 fully saturated rings. The van der Waals surface area contributed by atoms with Crippen LogP contribution in [-0.4, -0.2) is 70.1 Å².